The Morgan fingerprint density at radius 3 is 2.82 bits per heavy atom. The minimum Gasteiger partial charge on any atom is -0.364 e. The Kier molecular flexibility index (Phi) is 5.93. The molecule has 2 amide bonds. The topological polar surface area (TPSA) is 93.5 Å². The smallest absolute Gasteiger partial charge is 0.249 e. The van der Waals surface area contributed by atoms with E-state index >= 15 is 0 Å². The summed E-state index contributed by atoms with van der Waals surface area (Å²) in [4.78, 5) is 23.7. The van der Waals surface area contributed by atoms with Gasteiger partial charge in [-0.1, -0.05) is 15.9 Å². The Hall–Kier alpha value is -1.44. The molecule has 1 saturated heterocycles. The molecule has 6 nitrogen and oxygen atoms in total. The number of hydrogen-bond acceptors (Lipinski definition) is 4. The van der Waals surface area contributed by atoms with Crippen molar-refractivity contribution in [1.29, 1.82) is 0 Å². The Morgan fingerprint density at radius 2 is 2.18 bits per heavy atom. The van der Waals surface area contributed by atoms with Crippen molar-refractivity contribution >= 4 is 33.4 Å². The highest BCUT2D eigenvalue weighted by atomic mass is 79.9. The molecule has 120 valence electrons. The zero-order valence-corrected chi connectivity index (χ0v) is 14.0. The second kappa shape index (κ2) is 7.71. The van der Waals surface area contributed by atoms with Crippen LogP contribution in [0.1, 0.15) is 18.4 Å². The minimum atomic E-state index is -0.503. The first-order valence-corrected chi connectivity index (χ1v) is 7.98. The first-order chi connectivity index (χ1) is 10.5. The van der Waals surface area contributed by atoms with E-state index in [9.17, 15) is 9.59 Å². The lowest BCUT2D eigenvalue weighted by molar-refractivity contribution is -0.133. The predicted octanol–water partition coefficient (Wildman–Crippen LogP) is 1.32. The van der Waals surface area contributed by atoms with Gasteiger partial charge in [-0.2, -0.15) is 0 Å². The number of carbonyl (C=O) groups excluding carboxylic acids is 2. The summed E-state index contributed by atoms with van der Waals surface area (Å²) in [5, 5.41) is 5.33. The Morgan fingerprint density at radius 1 is 1.41 bits per heavy atom. The summed E-state index contributed by atoms with van der Waals surface area (Å²) in [7, 11) is 0. The molecule has 0 aliphatic carbocycles. The SMILES string of the molecule is Cc1cc(NC(=O)CNC(=O)[C@@H]2CC[C@H](CN)O2)ccc1Br. The third-order valence-corrected chi connectivity index (χ3v) is 4.42. The molecular weight excluding hydrogens is 350 g/mol. The molecule has 0 spiro atoms. The summed E-state index contributed by atoms with van der Waals surface area (Å²) < 4.78 is 6.46. The number of nitrogens with two attached hydrogens (primary N) is 1. The van der Waals surface area contributed by atoms with Gasteiger partial charge in [0.25, 0.3) is 0 Å². The van der Waals surface area contributed by atoms with Crippen molar-refractivity contribution in [2.45, 2.75) is 32.0 Å². The molecule has 0 unspecified atom stereocenters. The van der Waals surface area contributed by atoms with Gasteiger partial charge in [0.1, 0.15) is 6.10 Å². The van der Waals surface area contributed by atoms with Gasteiger partial charge in [0.05, 0.1) is 12.6 Å². The third kappa shape index (κ3) is 4.53. The minimum absolute atomic E-state index is 0.0599. The van der Waals surface area contributed by atoms with Crippen molar-refractivity contribution in [2.24, 2.45) is 5.73 Å². The van der Waals surface area contributed by atoms with Gasteiger partial charge < -0.3 is 21.1 Å². The van der Waals surface area contributed by atoms with Crippen LogP contribution in [0, 0.1) is 6.92 Å². The van der Waals surface area contributed by atoms with Crippen molar-refractivity contribution < 1.29 is 14.3 Å². The van der Waals surface area contributed by atoms with Crippen LogP contribution in [0.3, 0.4) is 0 Å². The van der Waals surface area contributed by atoms with Crippen LogP contribution in [0.2, 0.25) is 0 Å². The van der Waals surface area contributed by atoms with E-state index in [1.165, 1.54) is 0 Å². The first-order valence-electron chi connectivity index (χ1n) is 7.19. The van der Waals surface area contributed by atoms with Crippen LogP contribution in [-0.2, 0) is 14.3 Å². The molecule has 0 bridgehead atoms. The van der Waals surface area contributed by atoms with E-state index in [0.717, 1.165) is 16.5 Å². The largest absolute Gasteiger partial charge is 0.364 e. The molecule has 2 atom stereocenters. The quantitative estimate of drug-likeness (QED) is 0.729. The van der Waals surface area contributed by atoms with Gasteiger partial charge in [0.2, 0.25) is 11.8 Å². The summed E-state index contributed by atoms with van der Waals surface area (Å²) in [5.41, 5.74) is 7.22. The number of carbonyl (C=O) groups is 2. The van der Waals surface area contributed by atoms with Crippen LogP contribution in [0.4, 0.5) is 5.69 Å². The van der Waals surface area contributed by atoms with Crippen LogP contribution in [-0.4, -0.2) is 37.1 Å². The van der Waals surface area contributed by atoms with Crippen molar-refractivity contribution in [3.8, 4) is 0 Å². The van der Waals surface area contributed by atoms with E-state index < -0.39 is 6.10 Å². The van der Waals surface area contributed by atoms with Crippen LogP contribution in [0.5, 0.6) is 0 Å². The van der Waals surface area contributed by atoms with E-state index in [2.05, 4.69) is 26.6 Å². The molecule has 1 aromatic rings. The fourth-order valence-electron chi connectivity index (χ4n) is 2.28. The van der Waals surface area contributed by atoms with Gasteiger partial charge in [0, 0.05) is 16.7 Å². The molecule has 2 rings (SSSR count). The second-order valence-electron chi connectivity index (χ2n) is 5.29. The van der Waals surface area contributed by atoms with E-state index in [1.54, 1.807) is 6.07 Å². The maximum atomic E-state index is 11.9. The van der Waals surface area contributed by atoms with E-state index in [1.807, 2.05) is 19.1 Å². The molecule has 1 heterocycles. The number of halogens is 1. The van der Waals surface area contributed by atoms with Crippen molar-refractivity contribution in [3.63, 3.8) is 0 Å². The number of nitrogens with one attached hydrogen (secondary N) is 2. The van der Waals surface area contributed by atoms with E-state index in [4.69, 9.17) is 10.5 Å². The molecule has 4 N–H and O–H groups in total. The first kappa shape index (κ1) is 16.9. The highest BCUT2D eigenvalue weighted by Gasteiger charge is 2.29. The Labute approximate surface area is 137 Å². The number of hydrogen-bond donors (Lipinski definition) is 3. The number of rotatable bonds is 5. The molecule has 0 radical (unpaired) electrons. The number of amides is 2. The summed E-state index contributed by atoms with van der Waals surface area (Å²) in [6.45, 7) is 2.26. The lowest BCUT2D eigenvalue weighted by Gasteiger charge is -2.13. The Balaban J connectivity index is 1.77. The molecule has 1 aliphatic heterocycles. The van der Waals surface area contributed by atoms with Crippen LogP contribution in [0.15, 0.2) is 22.7 Å². The normalized spacial score (nSPS) is 20.7. The third-order valence-electron chi connectivity index (χ3n) is 3.53. The highest BCUT2D eigenvalue weighted by Crippen LogP contribution is 2.20. The summed E-state index contributed by atoms with van der Waals surface area (Å²) in [5.74, 6) is -0.540. The summed E-state index contributed by atoms with van der Waals surface area (Å²) in [6, 6.07) is 5.52. The average molecular weight is 370 g/mol. The van der Waals surface area contributed by atoms with Crippen molar-refractivity contribution in [2.75, 3.05) is 18.4 Å². The Bertz CT molecular complexity index is 565. The fourth-order valence-corrected chi connectivity index (χ4v) is 2.53. The van der Waals surface area contributed by atoms with E-state index in [0.29, 0.717) is 18.7 Å². The maximum absolute atomic E-state index is 11.9. The van der Waals surface area contributed by atoms with Gasteiger partial charge in [-0.25, -0.2) is 0 Å². The number of aryl methyl sites for hydroxylation is 1. The lowest BCUT2D eigenvalue weighted by atomic mass is 10.2. The van der Waals surface area contributed by atoms with Crippen LogP contribution >= 0.6 is 15.9 Å². The van der Waals surface area contributed by atoms with Gasteiger partial charge in [-0.3, -0.25) is 9.59 Å². The number of ether oxygens (including phenoxy) is 1. The van der Waals surface area contributed by atoms with Crippen molar-refractivity contribution in [1.82, 2.24) is 5.32 Å². The monoisotopic (exact) mass is 369 g/mol. The molecule has 1 aliphatic rings. The summed E-state index contributed by atoms with van der Waals surface area (Å²) >= 11 is 3.40. The number of anilines is 1. The highest BCUT2D eigenvalue weighted by molar-refractivity contribution is 9.10. The molecular formula is C15H20BrN3O3. The van der Waals surface area contributed by atoms with Gasteiger partial charge in [0.15, 0.2) is 0 Å². The maximum Gasteiger partial charge on any atom is 0.249 e. The van der Waals surface area contributed by atoms with Crippen LogP contribution in [0.25, 0.3) is 0 Å². The predicted molar refractivity (Wildman–Crippen MR) is 87.5 cm³/mol. The standard InChI is InChI=1S/C15H20BrN3O3/c1-9-6-10(2-4-12(9)16)19-14(20)8-18-15(21)13-5-3-11(7-17)22-13/h2,4,6,11,13H,3,5,7-8,17H2,1H3,(H,18,21)(H,19,20)/t11-,13+/m1/s1. The van der Waals surface area contributed by atoms with Gasteiger partial charge in [-0.15, -0.1) is 0 Å². The van der Waals surface area contributed by atoms with Crippen molar-refractivity contribution in [3.05, 3.63) is 28.2 Å². The van der Waals surface area contributed by atoms with Gasteiger partial charge in [-0.05, 0) is 43.5 Å². The van der Waals surface area contributed by atoms with E-state index in [-0.39, 0.29) is 24.5 Å². The molecule has 0 saturated carbocycles. The fraction of sp³-hybridized carbons (Fsp3) is 0.467. The average Bonchev–Trinajstić information content (AvgIpc) is 2.97. The lowest BCUT2D eigenvalue weighted by Crippen LogP contribution is -2.39. The zero-order valence-electron chi connectivity index (χ0n) is 12.4. The van der Waals surface area contributed by atoms with Crippen LogP contribution < -0.4 is 16.4 Å². The zero-order chi connectivity index (χ0) is 16.1. The molecule has 22 heavy (non-hydrogen) atoms. The molecule has 0 aromatic heterocycles. The second-order valence-corrected chi connectivity index (χ2v) is 6.14. The summed E-state index contributed by atoms with van der Waals surface area (Å²) in [6.07, 6.45) is 0.854. The van der Waals surface area contributed by atoms with Gasteiger partial charge >= 0.3 is 0 Å². The molecule has 1 aromatic carbocycles. The number of benzene rings is 1. The molecule has 1 fully saturated rings. The molecule has 7 heteroatoms.